The second kappa shape index (κ2) is 7.48. The van der Waals surface area contributed by atoms with Crippen LogP contribution in [0.2, 0.25) is 0 Å². The third-order valence-corrected chi connectivity index (χ3v) is 3.95. The maximum Gasteiger partial charge on any atom is 0.323 e. The van der Waals surface area contributed by atoms with E-state index in [-0.39, 0.29) is 24.0 Å². The Morgan fingerprint density at radius 1 is 1.32 bits per heavy atom. The molecule has 0 aromatic rings. The van der Waals surface area contributed by atoms with Crippen LogP contribution in [0.3, 0.4) is 0 Å². The highest BCUT2D eigenvalue weighted by atomic mass is 16.5. The predicted molar refractivity (Wildman–Crippen MR) is 73.8 cm³/mol. The number of hydrogen-bond donors (Lipinski definition) is 0. The molecule has 1 rings (SSSR count). The number of nitrogens with zero attached hydrogens (tertiary/aromatic N) is 2. The number of piperidine rings is 1. The van der Waals surface area contributed by atoms with Gasteiger partial charge in [0.1, 0.15) is 6.04 Å². The molecule has 1 aliphatic heterocycles. The first-order chi connectivity index (χ1) is 9.06. The summed E-state index contributed by atoms with van der Waals surface area (Å²) in [6, 6.07) is -0.530. The fraction of sp³-hybridized carbons (Fsp3) is 0.857. The van der Waals surface area contributed by atoms with Gasteiger partial charge in [-0.1, -0.05) is 6.42 Å². The highest BCUT2D eigenvalue weighted by Crippen LogP contribution is 2.21. The van der Waals surface area contributed by atoms with Crippen molar-refractivity contribution in [3.05, 3.63) is 0 Å². The van der Waals surface area contributed by atoms with Gasteiger partial charge in [-0.25, -0.2) is 0 Å². The first-order valence-electron chi connectivity index (χ1n) is 7.19. The number of methoxy groups -OCH3 is 1. The average Bonchev–Trinajstić information content (AvgIpc) is 2.46. The van der Waals surface area contributed by atoms with Crippen LogP contribution in [0.1, 0.15) is 40.0 Å². The highest BCUT2D eigenvalue weighted by molar-refractivity contribution is 5.83. The molecule has 0 radical (unpaired) electrons. The van der Waals surface area contributed by atoms with E-state index in [4.69, 9.17) is 4.74 Å². The van der Waals surface area contributed by atoms with E-state index in [1.165, 1.54) is 7.11 Å². The molecule has 1 heterocycles. The molecule has 0 aromatic heterocycles. The van der Waals surface area contributed by atoms with Gasteiger partial charge in [-0.2, -0.15) is 0 Å². The number of carbonyl (C=O) groups excluding carboxylic acids is 2. The summed E-state index contributed by atoms with van der Waals surface area (Å²) in [6.07, 6.45) is 2.83. The molecular formula is C14H26N2O3. The van der Waals surface area contributed by atoms with Gasteiger partial charge < -0.3 is 9.64 Å². The zero-order valence-electron chi connectivity index (χ0n) is 12.5. The van der Waals surface area contributed by atoms with Crippen molar-refractivity contribution >= 4 is 11.9 Å². The van der Waals surface area contributed by atoms with Gasteiger partial charge >= 0.3 is 5.97 Å². The summed E-state index contributed by atoms with van der Waals surface area (Å²) in [7, 11) is 1.41. The summed E-state index contributed by atoms with van der Waals surface area (Å²) in [6.45, 7) is 8.03. The summed E-state index contributed by atoms with van der Waals surface area (Å²) in [5, 5.41) is 0. The lowest BCUT2D eigenvalue weighted by Gasteiger charge is -2.38. The van der Waals surface area contributed by atoms with Crippen molar-refractivity contribution in [2.75, 3.05) is 26.7 Å². The first kappa shape index (κ1) is 16.0. The van der Waals surface area contributed by atoms with Crippen LogP contribution in [0.15, 0.2) is 0 Å². The smallest absolute Gasteiger partial charge is 0.323 e. The number of hydrogen-bond acceptors (Lipinski definition) is 4. The summed E-state index contributed by atoms with van der Waals surface area (Å²) >= 11 is 0. The Labute approximate surface area is 115 Å². The van der Waals surface area contributed by atoms with Crippen LogP contribution < -0.4 is 0 Å². The fourth-order valence-electron chi connectivity index (χ4n) is 2.75. The standard InChI is InChI=1S/C14H26N2O3/c1-5-15(6-2)13(17)11(3)16-10-8-7-9-12(16)14(18)19-4/h11-12H,5-10H2,1-4H3/t11?,12-/m1/s1. The van der Waals surface area contributed by atoms with E-state index in [1.54, 1.807) is 0 Å². The second-order valence-electron chi connectivity index (χ2n) is 4.96. The van der Waals surface area contributed by atoms with Crippen molar-refractivity contribution in [2.45, 2.75) is 52.1 Å². The molecule has 0 aromatic carbocycles. The molecule has 5 heteroatoms. The number of carbonyl (C=O) groups is 2. The van der Waals surface area contributed by atoms with Gasteiger partial charge in [0.15, 0.2) is 0 Å². The van der Waals surface area contributed by atoms with E-state index in [0.717, 1.165) is 25.8 Å². The predicted octanol–water partition coefficient (Wildman–Crippen LogP) is 1.27. The minimum Gasteiger partial charge on any atom is -0.468 e. The number of esters is 1. The van der Waals surface area contributed by atoms with Crippen molar-refractivity contribution in [1.82, 2.24) is 9.80 Å². The van der Waals surface area contributed by atoms with Gasteiger partial charge in [-0.15, -0.1) is 0 Å². The molecule has 0 saturated carbocycles. The number of rotatable bonds is 5. The van der Waals surface area contributed by atoms with Gasteiger partial charge in [0, 0.05) is 13.1 Å². The molecule has 19 heavy (non-hydrogen) atoms. The Hall–Kier alpha value is -1.10. The molecule has 0 aliphatic carbocycles. The minimum absolute atomic E-state index is 0.0980. The molecule has 1 aliphatic rings. The second-order valence-corrected chi connectivity index (χ2v) is 4.96. The van der Waals surface area contributed by atoms with Gasteiger partial charge in [-0.05, 0) is 40.2 Å². The van der Waals surface area contributed by atoms with Crippen molar-refractivity contribution in [3.63, 3.8) is 0 Å². The third kappa shape index (κ3) is 3.69. The third-order valence-electron chi connectivity index (χ3n) is 3.95. The summed E-state index contributed by atoms with van der Waals surface area (Å²) < 4.78 is 4.86. The zero-order valence-corrected chi connectivity index (χ0v) is 12.5. The quantitative estimate of drug-likeness (QED) is 0.706. The number of likely N-dealkylation sites (tertiary alicyclic amines) is 1. The topological polar surface area (TPSA) is 49.9 Å². The van der Waals surface area contributed by atoms with Crippen molar-refractivity contribution in [1.29, 1.82) is 0 Å². The molecule has 1 saturated heterocycles. The van der Waals surface area contributed by atoms with Crippen molar-refractivity contribution in [3.8, 4) is 0 Å². The van der Waals surface area contributed by atoms with Crippen LogP contribution >= 0.6 is 0 Å². The van der Waals surface area contributed by atoms with E-state index in [2.05, 4.69) is 0 Å². The normalized spacial score (nSPS) is 21.8. The van der Waals surface area contributed by atoms with Crippen LogP contribution in [0, 0.1) is 0 Å². The highest BCUT2D eigenvalue weighted by Gasteiger charge is 2.36. The minimum atomic E-state index is -0.270. The molecular weight excluding hydrogens is 244 g/mol. The monoisotopic (exact) mass is 270 g/mol. The maximum atomic E-state index is 12.4. The molecule has 0 bridgehead atoms. The Kier molecular flexibility index (Phi) is 6.28. The Morgan fingerprint density at radius 3 is 2.47 bits per heavy atom. The van der Waals surface area contributed by atoms with E-state index < -0.39 is 0 Å². The van der Waals surface area contributed by atoms with E-state index >= 15 is 0 Å². The fourth-order valence-corrected chi connectivity index (χ4v) is 2.75. The first-order valence-corrected chi connectivity index (χ1v) is 7.19. The molecule has 2 atom stereocenters. The lowest BCUT2D eigenvalue weighted by Crippen LogP contribution is -2.55. The lowest BCUT2D eigenvalue weighted by molar-refractivity contribution is -0.152. The van der Waals surface area contributed by atoms with Crippen LogP contribution in [-0.2, 0) is 14.3 Å². The molecule has 1 unspecified atom stereocenters. The molecule has 1 amide bonds. The van der Waals surface area contributed by atoms with E-state index in [1.807, 2.05) is 30.6 Å². The summed E-state index contributed by atoms with van der Waals surface area (Å²) in [5.41, 5.74) is 0. The van der Waals surface area contributed by atoms with Crippen LogP contribution in [-0.4, -0.2) is 60.5 Å². The van der Waals surface area contributed by atoms with E-state index in [9.17, 15) is 9.59 Å². The molecule has 0 spiro atoms. The maximum absolute atomic E-state index is 12.4. The lowest BCUT2D eigenvalue weighted by atomic mass is 9.99. The van der Waals surface area contributed by atoms with Crippen LogP contribution in [0.4, 0.5) is 0 Å². The van der Waals surface area contributed by atoms with Gasteiger partial charge in [0.25, 0.3) is 0 Å². The van der Waals surface area contributed by atoms with Crippen molar-refractivity contribution < 1.29 is 14.3 Å². The number of ether oxygens (including phenoxy) is 1. The van der Waals surface area contributed by atoms with Gasteiger partial charge in [0.2, 0.25) is 5.91 Å². The zero-order chi connectivity index (χ0) is 14.4. The Bertz CT molecular complexity index is 316. The van der Waals surface area contributed by atoms with Gasteiger partial charge in [0.05, 0.1) is 13.2 Å². The average molecular weight is 270 g/mol. The van der Waals surface area contributed by atoms with Crippen molar-refractivity contribution in [2.24, 2.45) is 0 Å². The summed E-state index contributed by atoms with van der Waals surface area (Å²) in [5.74, 6) is -0.125. The van der Waals surface area contributed by atoms with E-state index in [0.29, 0.717) is 13.1 Å². The SMILES string of the molecule is CCN(CC)C(=O)C(C)N1CCCC[C@@H]1C(=O)OC. The molecule has 5 nitrogen and oxygen atoms in total. The molecule has 1 fully saturated rings. The number of likely N-dealkylation sites (N-methyl/N-ethyl adjacent to an activating group) is 1. The largest absolute Gasteiger partial charge is 0.468 e. The molecule has 0 N–H and O–H groups in total. The van der Waals surface area contributed by atoms with Crippen LogP contribution in [0.25, 0.3) is 0 Å². The molecule has 110 valence electrons. The Morgan fingerprint density at radius 2 is 1.95 bits per heavy atom. The Balaban J connectivity index is 2.79. The summed E-state index contributed by atoms with van der Waals surface area (Å²) in [4.78, 5) is 28.0. The number of amides is 1. The van der Waals surface area contributed by atoms with Gasteiger partial charge in [-0.3, -0.25) is 14.5 Å². The van der Waals surface area contributed by atoms with Crippen LogP contribution in [0.5, 0.6) is 0 Å².